The fourth-order valence-electron chi connectivity index (χ4n) is 3.25. The largest absolute Gasteiger partial charge is 0.439 e. The van der Waals surface area contributed by atoms with Gasteiger partial charge in [0.05, 0.1) is 17.1 Å². The van der Waals surface area contributed by atoms with Crippen molar-refractivity contribution in [1.29, 1.82) is 0 Å². The van der Waals surface area contributed by atoms with Crippen molar-refractivity contribution in [2.75, 3.05) is 13.1 Å². The van der Waals surface area contributed by atoms with Gasteiger partial charge in [-0.25, -0.2) is 14.4 Å². The highest BCUT2D eigenvalue weighted by Gasteiger charge is 2.30. The van der Waals surface area contributed by atoms with E-state index in [-0.39, 0.29) is 18.1 Å². The van der Waals surface area contributed by atoms with Crippen LogP contribution >= 0.6 is 0 Å². The molecule has 10 heteroatoms. The van der Waals surface area contributed by atoms with E-state index >= 15 is 0 Å². The van der Waals surface area contributed by atoms with Crippen LogP contribution in [0.5, 0.6) is 11.6 Å². The summed E-state index contributed by atoms with van der Waals surface area (Å²) in [6.45, 7) is 0.833. The molecule has 0 spiro atoms. The van der Waals surface area contributed by atoms with Gasteiger partial charge >= 0.3 is 6.18 Å². The minimum absolute atomic E-state index is 0.0130. The molecule has 2 N–H and O–H groups in total. The third kappa shape index (κ3) is 4.91. The Balaban J connectivity index is 1.47. The normalized spacial score (nSPS) is 19.2. The van der Waals surface area contributed by atoms with Gasteiger partial charge < -0.3 is 15.4 Å². The van der Waals surface area contributed by atoms with Gasteiger partial charge in [-0.2, -0.15) is 13.2 Å². The molecule has 0 unspecified atom stereocenters. The Labute approximate surface area is 174 Å². The summed E-state index contributed by atoms with van der Waals surface area (Å²) in [5.41, 5.74) is -0.185. The minimum Gasteiger partial charge on any atom is -0.439 e. The number of ether oxygens (including phenoxy) is 1. The molecule has 31 heavy (non-hydrogen) atoms. The first-order valence-corrected chi connectivity index (χ1v) is 9.57. The van der Waals surface area contributed by atoms with Crippen molar-refractivity contribution in [2.45, 2.75) is 24.8 Å². The number of alkyl halides is 4. The molecule has 1 fully saturated rings. The quantitative estimate of drug-likeness (QED) is 0.610. The zero-order valence-corrected chi connectivity index (χ0v) is 16.1. The topological polar surface area (TPSA) is 76.1 Å². The Kier molecular flexibility index (Phi) is 5.73. The van der Waals surface area contributed by atoms with E-state index in [1.165, 1.54) is 6.07 Å². The lowest BCUT2D eigenvalue weighted by molar-refractivity contribution is -0.137. The average molecular weight is 434 g/mol. The smallest absolute Gasteiger partial charge is 0.417 e. The Morgan fingerprint density at radius 3 is 2.71 bits per heavy atom. The van der Waals surface area contributed by atoms with Crippen molar-refractivity contribution in [3.05, 3.63) is 59.9 Å². The van der Waals surface area contributed by atoms with E-state index in [1.54, 1.807) is 24.3 Å². The number of fused-ring (bicyclic) bond motifs is 1. The number of benzene rings is 1. The number of carbonyl (C=O) groups is 1. The van der Waals surface area contributed by atoms with Gasteiger partial charge in [0.1, 0.15) is 17.6 Å². The zero-order chi connectivity index (χ0) is 22.0. The molecule has 0 radical (unpaired) electrons. The molecule has 6 nitrogen and oxygen atoms in total. The molecular weight excluding hydrogens is 416 g/mol. The van der Waals surface area contributed by atoms with E-state index in [0.29, 0.717) is 35.8 Å². The summed E-state index contributed by atoms with van der Waals surface area (Å²) >= 11 is 0. The maximum absolute atomic E-state index is 13.9. The summed E-state index contributed by atoms with van der Waals surface area (Å²) in [6, 6.07) is 9.48. The summed E-state index contributed by atoms with van der Waals surface area (Å²) in [6.07, 6.45) is -4.42. The van der Waals surface area contributed by atoms with Crippen molar-refractivity contribution < 1.29 is 27.1 Å². The van der Waals surface area contributed by atoms with Crippen molar-refractivity contribution in [3.63, 3.8) is 0 Å². The monoisotopic (exact) mass is 434 g/mol. The van der Waals surface area contributed by atoms with Crippen molar-refractivity contribution in [2.24, 2.45) is 0 Å². The van der Waals surface area contributed by atoms with Crippen LogP contribution in [-0.2, 0) is 6.18 Å². The molecule has 3 heterocycles. The molecule has 2 atom stereocenters. The Morgan fingerprint density at radius 1 is 1.16 bits per heavy atom. The first-order chi connectivity index (χ1) is 14.8. The summed E-state index contributed by atoms with van der Waals surface area (Å²) in [5, 5.41) is 6.26. The molecule has 1 aromatic carbocycles. The Hall–Kier alpha value is -3.27. The summed E-state index contributed by atoms with van der Waals surface area (Å²) in [4.78, 5) is 20.4. The molecule has 1 saturated heterocycles. The van der Waals surface area contributed by atoms with E-state index in [0.717, 1.165) is 12.1 Å². The van der Waals surface area contributed by atoms with Crippen molar-refractivity contribution >= 4 is 16.8 Å². The molecule has 1 amide bonds. The van der Waals surface area contributed by atoms with Gasteiger partial charge in [-0.05, 0) is 43.3 Å². The highest BCUT2D eigenvalue weighted by atomic mass is 19.4. The molecule has 3 aromatic rings. The second kappa shape index (κ2) is 8.46. The standard InChI is InChI=1S/C21H18F4N4O2/c22-15-11-26-8-7-17(15)29-20(30)18-4-1-12-9-14(3-5-16(12)28-18)31-19-6-2-13(10-27-19)21(23,24)25/h1-6,9-10,15,17,26H,7-8,11H2,(H,29,30)/t15-,17-/m1/s1. The predicted octanol–water partition coefficient (Wildman–Crippen LogP) is 3.87. The summed E-state index contributed by atoms with van der Waals surface area (Å²) < 4.78 is 57.3. The number of halogens is 4. The van der Waals surface area contributed by atoms with Crippen LogP contribution in [0.25, 0.3) is 10.9 Å². The number of amides is 1. The minimum atomic E-state index is -4.47. The number of pyridine rings is 2. The maximum Gasteiger partial charge on any atom is 0.417 e. The summed E-state index contributed by atoms with van der Waals surface area (Å²) in [7, 11) is 0. The van der Waals surface area contributed by atoms with E-state index < -0.39 is 29.9 Å². The van der Waals surface area contributed by atoms with E-state index in [2.05, 4.69) is 20.6 Å². The molecule has 1 aliphatic heterocycles. The van der Waals surface area contributed by atoms with Crippen molar-refractivity contribution in [3.8, 4) is 11.6 Å². The van der Waals surface area contributed by atoms with Crippen LogP contribution < -0.4 is 15.4 Å². The average Bonchev–Trinajstić information content (AvgIpc) is 2.74. The van der Waals surface area contributed by atoms with Crippen LogP contribution in [0.3, 0.4) is 0 Å². The maximum atomic E-state index is 13.9. The third-order valence-corrected chi connectivity index (χ3v) is 4.90. The fourth-order valence-corrected chi connectivity index (χ4v) is 3.25. The number of hydrogen-bond donors (Lipinski definition) is 2. The number of carbonyl (C=O) groups excluding carboxylic acids is 1. The lowest BCUT2D eigenvalue weighted by Crippen LogP contribution is -2.50. The molecule has 0 saturated carbocycles. The predicted molar refractivity (Wildman–Crippen MR) is 105 cm³/mol. The molecule has 2 aromatic heterocycles. The first-order valence-electron chi connectivity index (χ1n) is 9.57. The number of nitrogens with one attached hydrogen (secondary N) is 2. The number of aromatic nitrogens is 2. The number of rotatable bonds is 4. The van der Waals surface area contributed by atoms with Gasteiger partial charge in [0, 0.05) is 24.2 Å². The SMILES string of the molecule is O=C(N[C@@H]1CCNC[C@H]1F)c1ccc2cc(Oc3ccc(C(F)(F)F)cn3)ccc2n1. The van der Waals surface area contributed by atoms with Gasteiger partial charge in [0.15, 0.2) is 0 Å². The molecule has 1 aliphatic rings. The van der Waals surface area contributed by atoms with Gasteiger partial charge in [-0.3, -0.25) is 4.79 Å². The molecule has 162 valence electrons. The highest BCUT2D eigenvalue weighted by Crippen LogP contribution is 2.30. The van der Waals surface area contributed by atoms with Gasteiger partial charge in [-0.1, -0.05) is 6.07 Å². The Morgan fingerprint density at radius 2 is 2.00 bits per heavy atom. The van der Waals surface area contributed by atoms with Crippen LogP contribution in [-0.4, -0.2) is 41.2 Å². The lowest BCUT2D eigenvalue weighted by Gasteiger charge is -2.27. The van der Waals surface area contributed by atoms with Gasteiger partial charge in [0.2, 0.25) is 5.88 Å². The van der Waals surface area contributed by atoms with E-state index in [1.807, 2.05) is 0 Å². The second-order valence-corrected chi connectivity index (χ2v) is 7.12. The Bertz CT molecular complexity index is 1090. The molecule has 0 aliphatic carbocycles. The molecule has 4 rings (SSSR count). The van der Waals surface area contributed by atoms with Gasteiger partial charge in [-0.15, -0.1) is 0 Å². The second-order valence-electron chi connectivity index (χ2n) is 7.12. The van der Waals surface area contributed by atoms with Crippen LogP contribution in [0.2, 0.25) is 0 Å². The van der Waals surface area contributed by atoms with E-state index in [9.17, 15) is 22.4 Å². The number of piperidine rings is 1. The first kappa shape index (κ1) is 21.0. The molecular formula is C21H18F4N4O2. The third-order valence-electron chi connectivity index (χ3n) is 4.90. The number of hydrogen-bond acceptors (Lipinski definition) is 5. The van der Waals surface area contributed by atoms with Crippen LogP contribution in [0.4, 0.5) is 17.6 Å². The zero-order valence-electron chi connectivity index (χ0n) is 16.1. The van der Waals surface area contributed by atoms with Crippen LogP contribution in [0, 0.1) is 0 Å². The van der Waals surface area contributed by atoms with Crippen LogP contribution in [0.15, 0.2) is 48.7 Å². The van der Waals surface area contributed by atoms with E-state index in [4.69, 9.17) is 4.74 Å². The molecule has 0 bridgehead atoms. The van der Waals surface area contributed by atoms with Crippen molar-refractivity contribution in [1.82, 2.24) is 20.6 Å². The summed E-state index contributed by atoms with van der Waals surface area (Å²) in [5.74, 6) is -0.0847. The van der Waals surface area contributed by atoms with Gasteiger partial charge in [0.25, 0.3) is 5.91 Å². The highest BCUT2D eigenvalue weighted by molar-refractivity contribution is 5.95. The number of nitrogens with zero attached hydrogens (tertiary/aromatic N) is 2. The fraction of sp³-hybridized carbons (Fsp3) is 0.286. The van der Waals surface area contributed by atoms with Crippen LogP contribution in [0.1, 0.15) is 22.5 Å². The lowest BCUT2D eigenvalue weighted by atomic mass is 10.0.